The van der Waals surface area contributed by atoms with Gasteiger partial charge in [0.05, 0.1) is 22.9 Å². The van der Waals surface area contributed by atoms with Crippen LogP contribution in [0.15, 0.2) is 41.3 Å². The molecule has 2 amide bonds. The summed E-state index contributed by atoms with van der Waals surface area (Å²) < 4.78 is 39.6. The molecule has 2 aliphatic heterocycles. The van der Waals surface area contributed by atoms with E-state index in [1.165, 1.54) is 10.4 Å². The molecule has 2 aromatic rings. The highest BCUT2D eigenvalue weighted by atomic mass is 32.2. The molecule has 33 heavy (non-hydrogen) atoms. The van der Waals surface area contributed by atoms with Crippen molar-refractivity contribution >= 4 is 33.2 Å². The Bertz CT molecular complexity index is 1200. The number of carbonyl (C=O) groups excluding carboxylic acids is 2. The summed E-state index contributed by atoms with van der Waals surface area (Å²) in [7, 11) is -3.99. The summed E-state index contributed by atoms with van der Waals surface area (Å²) in [5.41, 5.74) is 1.38. The minimum absolute atomic E-state index is 0.0546. The molecule has 0 saturated carbocycles. The van der Waals surface area contributed by atoms with Crippen LogP contribution in [-0.4, -0.2) is 49.8 Å². The first kappa shape index (κ1) is 23.1. The molecule has 1 fully saturated rings. The van der Waals surface area contributed by atoms with E-state index in [0.717, 1.165) is 0 Å². The topological polar surface area (TPSA) is 114 Å². The fourth-order valence-corrected chi connectivity index (χ4v) is 5.98. The van der Waals surface area contributed by atoms with Crippen molar-refractivity contribution in [1.82, 2.24) is 4.31 Å². The summed E-state index contributed by atoms with van der Waals surface area (Å²) >= 11 is 0. The van der Waals surface area contributed by atoms with E-state index in [1.54, 1.807) is 44.2 Å². The zero-order chi connectivity index (χ0) is 23.8. The molecule has 10 heteroatoms. The van der Waals surface area contributed by atoms with Crippen molar-refractivity contribution in [1.29, 1.82) is 0 Å². The Hall–Kier alpha value is -3.11. The molecule has 0 spiro atoms. The number of nitrogens with one attached hydrogen (secondary N) is 2. The van der Waals surface area contributed by atoms with Crippen LogP contribution >= 0.6 is 0 Å². The van der Waals surface area contributed by atoms with Gasteiger partial charge in [-0.15, -0.1) is 0 Å². The van der Waals surface area contributed by atoms with Gasteiger partial charge in [0.1, 0.15) is 17.5 Å². The van der Waals surface area contributed by atoms with Crippen molar-refractivity contribution in [2.24, 2.45) is 0 Å². The molecule has 9 nitrogen and oxygen atoms in total. The van der Waals surface area contributed by atoms with Crippen molar-refractivity contribution in [2.75, 3.05) is 23.8 Å². The molecule has 0 radical (unpaired) electrons. The molecule has 2 aliphatic rings. The van der Waals surface area contributed by atoms with E-state index in [0.29, 0.717) is 42.1 Å². The third-order valence-corrected chi connectivity index (χ3v) is 7.80. The number of amides is 2. The minimum atomic E-state index is -3.99. The van der Waals surface area contributed by atoms with Gasteiger partial charge in [0.25, 0.3) is 5.91 Å². The first-order chi connectivity index (χ1) is 15.7. The Labute approximate surface area is 193 Å². The standard InChI is InChI=1S/C23H27N3O6S/c1-4-31-19-10-6-5-8-16(19)24-23(28)18-9-7-11-26(18)33(29,30)21-13-20-17(12-14(21)2)25-22(27)15(3)32-20/h5-6,8,10,12-13,15,18H,4,7,9,11H2,1-3H3,(H,24,28)(H,25,27)/t15-,18+/m0/s1. The molecule has 0 aromatic heterocycles. The van der Waals surface area contributed by atoms with Gasteiger partial charge in [-0.3, -0.25) is 9.59 Å². The number of carbonyl (C=O) groups is 2. The molecule has 2 N–H and O–H groups in total. The van der Waals surface area contributed by atoms with E-state index in [1.807, 2.05) is 6.92 Å². The van der Waals surface area contributed by atoms with E-state index in [9.17, 15) is 18.0 Å². The lowest BCUT2D eigenvalue weighted by molar-refractivity contribution is -0.122. The number of anilines is 2. The maximum Gasteiger partial charge on any atom is 0.265 e. The van der Waals surface area contributed by atoms with Crippen molar-refractivity contribution in [3.05, 3.63) is 42.0 Å². The van der Waals surface area contributed by atoms with Crippen LogP contribution in [0.1, 0.15) is 32.3 Å². The highest BCUT2D eigenvalue weighted by molar-refractivity contribution is 7.89. The fraction of sp³-hybridized carbons (Fsp3) is 0.391. The van der Waals surface area contributed by atoms with E-state index < -0.39 is 28.1 Å². The fourth-order valence-electron chi connectivity index (χ4n) is 4.10. The van der Waals surface area contributed by atoms with Gasteiger partial charge < -0.3 is 20.1 Å². The SMILES string of the molecule is CCOc1ccccc1NC(=O)[C@H]1CCCN1S(=O)(=O)c1cc2c(cc1C)NC(=O)[C@H](C)O2. The number of hydrogen-bond donors (Lipinski definition) is 2. The Morgan fingerprint density at radius 1 is 1.30 bits per heavy atom. The summed E-state index contributed by atoms with van der Waals surface area (Å²) in [6.45, 7) is 5.77. The lowest BCUT2D eigenvalue weighted by atomic mass is 10.1. The molecule has 2 aromatic carbocycles. The van der Waals surface area contributed by atoms with Crippen molar-refractivity contribution in [3.63, 3.8) is 0 Å². The van der Waals surface area contributed by atoms with Gasteiger partial charge in [-0.05, 0) is 57.4 Å². The average molecular weight is 474 g/mol. The predicted octanol–water partition coefficient (Wildman–Crippen LogP) is 2.90. The Kier molecular flexibility index (Phi) is 6.31. The number of hydrogen-bond acceptors (Lipinski definition) is 6. The molecule has 4 rings (SSSR count). The number of rotatable bonds is 6. The Balaban J connectivity index is 1.61. The smallest absolute Gasteiger partial charge is 0.265 e. The highest BCUT2D eigenvalue weighted by Gasteiger charge is 2.41. The molecule has 0 unspecified atom stereocenters. The number of benzene rings is 2. The molecular weight excluding hydrogens is 446 g/mol. The van der Waals surface area contributed by atoms with Crippen LogP contribution in [0.5, 0.6) is 11.5 Å². The third-order valence-electron chi connectivity index (χ3n) is 5.75. The van der Waals surface area contributed by atoms with Gasteiger partial charge in [0, 0.05) is 12.6 Å². The van der Waals surface area contributed by atoms with Crippen LogP contribution in [-0.2, 0) is 19.6 Å². The summed E-state index contributed by atoms with van der Waals surface area (Å²) in [6, 6.07) is 9.20. The largest absolute Gasteiger partial charge is 0.492 e. The predicted molar refractivity (Wildman–Crippen MR) is 123 cm³/mol. The lowest BCUT2D eigenvalue weighted by Gasteiger charge is -2.27. The van der Waals surface area contributed by atoms with Gasteiger partial charge in [-0.2, -0.15) is 4.31 Å². The van der Waals surface area contributed by atoms with E-state index in [2.05, 4.69) is 10.6 Å². The second-order valence-corrected chi connectivity index (χ2v) is 9.91. The van der Waals surface area contributed by atoms with Crippen LogP contribution < -0.4 is 20.1 Å². The molecule has 2 heterocycles. The normalized spacial score (nSPS) is 20.5. The molecule has 176 valence electrons. The number of ether oxygens (including phenoxy) is 2. The zero-order valence-corrected chi connectivity index (χ0v) is 19.6. The van der Waals surface area contributed by atoms with Gasteiger partial charge in [-0.25, -0.2) is 8.42 Å². The minimum Gasteiger partial charge on any atom is -0.492 e. The van der Waals surface area contributed by atoms with E-state index >= 15 is 0 Å². The van der Waals surface area contributed by atoms with E-state index in [4.69, 9.17) is 9.47 Å². The molecule has 2 atom stereocenters. The highest BCUT2D eigenvalue weighted by Crippen LogP contribution is 2.37. The quantitative estimate of drug-likeness (QED) is 0.667. The number of para-hydroxylation sites is 2. The van der Waals surface area contributed by atoms with Gasteiger partial charge >= 0.3 is 0 Å². The summed E-state index contributed by atoms with van der Waals surface area (Å²) in [5, 5.41) is 5.54. The molecule has 0 aliphatic carbocycles. The maximum atomic E-state index is 13.6. The summed E-state index contributed by atoms with van der Waals surface area (Å²) in [4.78, 5) is 25.0. The molecule has 0 bridgehead atoms. The number of sulfonamides is 1. The lowest BCUT2D eigenvalue weighted by Crippen LogP contribution is -2.43. The molecular formula is C23H27N3O6S. The number of nitrogens with zero attached hydrogens (tertiary/aromatic N) is 1. The van der Waals surface area contributed by atoms with Crippen molar-refractivity contribution in [2.45, 2.75) is 50.7 Å². The summed E-state index contributed by atoms with van der Waals surface area (Å²) in [5.74, 6) is 0.119. The summed E-state index contributed by atoms with van der Waals surface area (Å²) in [6.07, 6.45) is 0.250. The maximum absolute atomic E-state index is 13.6. The number of fused-ring (bicyclic) bond motifs is 1. The van der Waals surface area contributed by atoms with Crippen LogP contribution in [0.2, 0.25) is 0 Å². The zero-order valence-electron chi connectivity index (χ0n) is 18.8. The van der Waals surface area contributed by atoms with Crippen molar-refractivity contribution in [3.8, 4) is 11.5 Å². The first-order valence-corrected chi connectivity index (χ1v) is 12.3. The first-order valence-electron chi connectivity index (χ1n) is 10.9. The second kappa shape index (κ2) is 9.03. The van der Waals surface area contributed by atoms with Crippen LogP contribution in [0.4, 0.5) is 11.4 Å². The van der Waals surface area contributed by atoms with Gasteiger partial charge in [0.2, 0.25) is 15.9 Å². The van der Waals surface area contributed by atoms with E-state index in [-0.39, 0.29) is 23.1 Å². The Morgan fingerprint density at radius 2 is 2.06 bits per heavy atom. The monoisotopic (exact) mass is 473 g/mol. The average Bonchev–Trinajstić information content (AvgIpc) is 3.27. The number of aryl methyl sites for hydroxylation is 1. The molecule has 1 saturated heterocycles. The van der Waals surface area contributed by atoms with Crippen LogP contribution in [0.25, 0.3) is 0 Å². The van der Waals surface area contributed by atoms with Crippen LogP contribution in [0, 0.1) is 6.92 Å². The Morgan fingerprint density at radius 3 is 2.82 bits per heavy atom. The third kappa shape index (κ3) is 4.40. The van der Waals surface area contributed by atoms with Gasteiger partial charge in [0.15, 0.2) is 6.10 Å². The van der Waals surface area contributed by atoms with Crippen LogP contribution in [0.3, 0.4) is 0 Å². The van der Waals surface area contributed by atoms with Gasteiger partial charge in [-0.1, -0.05) is 12.1 Å². The van der Waals surface area contributed by atoms with Crippen molar-refractivity contribution < 1.29 is 27.5 Å². The second-order valence-electron chi connectivity index (χ2n) is 8.06.